The standard InChI is InChI=1S/C6H12O3/c7-4-5(8)6-2-1-3-9-6/h5-8H,1-4H2. The van der Waals surface area contributed by atoms with Gasteiger partial charge in [-0.2, -0.15) is 0 Å². The maximum atomic E-state index is 8.98. The van der Waals surface area contributed by atoms with Crippen molar-refractivity contribution in [2.75, 3.05) is 13.2 Å². The highest BCUT2D eigenvalue weighted by molar-refractivity contribution is 4.72. The minimum atomic E-state index is -0.674. The van der Waals surface area contributed by atoms with Crippen molar-refractivity contribution in [3.05, 3.63) is 0 Å². The number of aliphatic hydroxyl groups is 2. The Balaban J connectivity index is 2.24. The van der Waals surface area contributed by atoms with Gasteiger partial charge in [0, 0.05) is 6.61 Å². The molecule has 0 amide bonds. The molecule has 2 unspecified atom stereocenters. The Labute approximate surface area is 54.3 Å². The van der Waals surface area contributed by atoms with Gasteiger partial charge >= 0.3 is 0 Å². The molecule has 2 atom stereocenters. The zero-order chi connectivity index (χ0) is 6.69. The van der Waals surface area contributed by atoms with E-state index in [-0.39, 0.29) is 12.7 Å². The van der Waals surface area contributed by atoms with E-state index in [9.17, 15) is 0 Å². The molecular weight excluding hydrogens is 120 g/mol. The Hall–Kier alpha value is -0.120. The zero-order valence-corrected chi connectivity index (χ0v) is 5.29. The van der Waals surface area contributed by atoms with Crippen molar-refractivity contribution >= 4 is 0 Å². The third-order valence-electron chi connectivity index (χ3n) is 1.58. The van der Waals surface area contributed by atoms with Crippen LogP contribution < -0.4 is 0 Å². The molecule has 9 heavy (non-hydrogen) atoms. The first-order valence-electron chi connectivity index (χ1n) is 3.25. The SMILES string of the molecule is OCC(O)C1CCCO1. The molecule has 0 bridgehead atoms. The maximum absolute atomic E-state index is 8.98. The lowest BCUT2D eigenvalue weighted by Crippen LogP contribution is -2.28. The van der Waals surface area contributed by atoms with E-state index in [0.29, 0.717) is 0 Å². The van der Waals surface area contributed by atoms with E-state index in [1.807, 2.05) is 0 Å². The Morgan fingerprint density at radius 3 is 2.89 bits per heavy atom. The summed E-state index contributed by atoms with van der Waals surface area (Å²) in [5.74, 6) is 0. The van der Waals surface area contributed by atoms with Crippen molar-refractivity contribution in [1.29, 1.82) is 0 Å². The molecule has 1 heterocycles. The molecule has 0 aromatic rings. The van der Waals surface area contributed by atoms with Crippen molar-refractivity contribution < 1.29 is 14.9 Å². The summed E-state index contributed by atoms with van der Waals surface area (Å²) >= 11 is 0. The summed E-state index contributed by atoms with van der Waals surface area (Å²) in [6, 6.07) is 0. The monoisotopic (exact) mass is 132 g/mol. The van der Waals surface area contributed by atoms with Crippen LogP contribution in [-0.2, 0) is 4.74 Å². The van der Waals surface area contributed by atoms with Crippen LogP contribution in [-0.4, -0.2) is 35.6 Å². The Morgan fingerprint density at radius 2 is 2.44 bits per heavy atom. The Morgan fingerprint density at radius 1 is 1.67 bits per heavy atom. The maximum Gasteiger partial charge on any atom is 0.103 e. The van der Waals surface area contributed by atoms with Gasteiger partial charge in [-0.1, -0.05) is 0 Å². The van der Waals surface area contributed by atoms with Crippen LogP contribution in [0, 0.1) is 0 Å². The van der Waals surface area contributed by atoms with Crippen molar-refractivity contribution in [3.63, 3.8) is 0 Å². The van der Waals surface area contributed by atoms with Gasteiger partial charge in [-0.05, 0) is 12.8 Å². The highest BCUT2D eigenvalue weighted by atomic mass is 16.5. The quantitative estimate of drug-likeness (QED) is 0.533. The highest BCUT2D eigenvalue weighted by Crippen LogP contribution is 2.14. The summed E-state index contributed by atoms with van der Waals surface area (Å²) in [4.78, 5) is 0. The minimum Gasteiger partial charge on any atom is -0.394 e. The van der Waals surface area contributed by atoms with Crippen molar-refractivity contribution in [2.24, 2.45) is 0 Å². The third-order valence-corrected chi connectivity index (χ3v) is 1.58. The van der Waals surface area contributed by atoms with Gasteiger partial charge in [-0.25, -0.2) is 0 Å². The van der Waals surface area contributed by atoms with E-state index in [0.717, 1.165) is 19.4 Å². The molecule has 0 radical (unpaired) electrons. The fourth-order valence-electron chi connectivity index (χ4n) is 1.02. The predicted molar refractivity (Wildman–Crippen MR) is 32.1 cm³/mol. The number of hydrogen-bond acceptors (Lipinski definition) is 3. The van der Waals surface area contributed by atoms with Crippen LogP contribution in [0.25, 0.3) is 0 Å². The summed E-state index contributed by atoms with van der Waals surface area (Å²) in [6.07, 6.45) is 1.09. The first-order valence-corrected chi connectivity index (χ1v) is 3.25. The van der Waals surface area contributed by atoms with Crippen LogP contribution in [0.3, 0.4) is 0 Å². The lowest BCUT2D eigenvalue weighted by atomic mass is 10.1. The van der Waals surface area contributed by atoms with E-state index >= 15 is 0 Å². The van der Waals surface area contributed by atoms with E-state index in [1.54, 1.807) is 0 Å². The fraction of sp³-hybridized carbons (Fsp3) is 1.00. The molecule has 3 heteroatoms. The molecule has 1 aliphatic rings. The van der Waals surface area contributed by atoms with Gasteiger partial charge in [-0.3, -0.25) is 0 Å². The first kappa shape index (κ1) is 6.99. The molecule has 1 rings (SSSR count). The average molecular weight is 132 g/mol. The lowest BCUT2D eigenvalue weighted by molar-refractivity contribution is -0.0282. The molecule has 0 spiro atoms. The molecule has 1 aliphatic heterocycles. The van der Waals surface area contributed by atoms with Gasteiger partial charge in [0.15, 0.2) is 0 Å². The molecule has 3 nitrogen and oxygen atoms in total. The second-order valence-corrected chi connectivity index (χ2v) is 2.30. The number of aliphatic hydroxyl groups excluding tert-OH is 2. The van der Waals surface area contributed by atoms with Crippen LogP contribution in [0.5, 0.6) is 0 Å². The second-order valence-electron chi connectivity index (χ2n) is 2.30. The highest BCUT2D eigenvalue weighted by Gasteiger charge is 2.22. The average Bonchev–Trinajstić information content (AvgIpc) is 2.37. The molecule has 1 saturated heterocycles. The van der Waals surface area contributed by atoms with Crippen LogP contribution >= 0.6 is 0 Å². The molecule has 0 aromatic heterocycles. The van der Waals surface area contributed by atoms with Crippen molar-refractivity contribution in [2.45, 2.75) is 25.0 Å². The van der Waals surface area contributed by atoms with E-state index in [4.69, 9.17) is 14.9 Å². The van der Waals surface area contributed by atoms with Crippen molar-refractivity contribution in [1.82, 2.24) is 0 Å². The Kier molecular flexibility index (Phi) is 2.45. The molecule has 0 saturated carbocycles. The summed E-state index contributed by atoms with van der Waals surface area (Å²) < 4.78 is 5.10. The summed E-state index contributed by atoms with van der Waals surface area (Å²) in [7, 11) is 0. The number of ether oxygens (including phenoxy) is 1. The smallest absolute Gasteiger partial charge is 0.103 e. The molecule has 2 N–H and O–H groups in total. The summed E-state index contributed by atoms with van der Waals surface area (Å²) in [5.41, 5.74) is 0. The normalized spacial score (nSPS) is 30.7. The van der Waals surface area contributed by atoms with Gasteiger partial charge in [0.25, 0.3) is 0 Å². The molecule has 54 valence electrons. The molecule has 0 aromatic carbocycles. The van der Waals surface area contributed by atoms with Crippen LogP contribution in [0.15, 0.2) is 0 Å². The van der Waals surface area contributed by atoms with Gasteiger partial charge in [0.2, 0.25) is 0 Å². The Bertz CT molecular complexity index is 78.4. The topological polar surface area (TPSA) is 49.7 Å². The van der Waals surface area contributed by atoms with E-state index < -0.39 is 6.10 Å². The number of rotatable bonds is 2. The van der Waals surface area contributed by atoms with E-state index in [1.165, 1.54) is 0 Å². The zero-order valence-electron chi connectivity index (χ0n) is 5.29. The summed E-state index contributed by atoms with van der Waals surface area (Å²) in [5, 5.41) is 17.4. The lowest BCUT2D eigenvalue weighted by Gasteiger charge is -2.13. The molecule has 0 aliphatic carbocycles. The van der Waals surface area contributed by atoms with Crippen LogP contribution in [0.1, 0.15) is 12.8 Å². The van der Waals surface area contributed by atoms with Crippen LogP contribution in [0.2, 0.25) is 0 Å². The largest absolute Gasteiger partial charge is 0.394 e. The summed E-state index contributed by atoms with van der Waals surface area (Å²) in [6.45, 7) is 0.534. The molecular formula is C6H12O3. The number of hydrogen-bond donors (Lipinski definition) is 2. The minimum absolute atomic E-state index is 0.116. The van der Waals surface area contributed by atoms with Gasteiger partial charge < -0.3 is 14.9 Å². The van der Waals surface area contributed by atoms with Crippen molar-refractivity contribution in [3.8, 4) is 0 Å². The van der Waals surface area contributed by atoms with Gasteiger partial charge in [-0.15, -0.1) is 0 Å². The van der Waals surface area contributed by atoms with Crippen LogP contribution in [0.4, 0.5) is 0 Å². The van der Waals surface area contributed by atoms with E-state index in [2.05, 4.69) is 0 Å². The first-order chi connectivity index (χ1) is 4.34. The van der Waals surface area contributed by atoms with Gasteiger partial charge in [0.05, 0.1) is 12.7 Å². The predicted octanol–water partition coefficient (Wildman–Crippen LogP) is -0.481. The van der Waals surface area contributed by atoms with Gasteiger partial charge in [0.1, 0.15) is 6.10 Å². The second kappa shape index (κ2) is 3.15. The fourth-order valence-corrected chi connectivity index (χ4v) is 1.02. The molecule has 1 fully saturated rings. The third kappa shape index (κ3) is 1.64.